The maximum atomic E-state index is 11.5. The highest BCUT2D eigenvalue weighted by Crippen LogP contribution is 2.31. The van der Waals surface area contributed by atoms with E-state index in [0.29, 0.717) is 19.4 Å². The van der Waals surface area contributed by atoms with Crippen LogP contribution in [-0.4, -0.2) is 44.0 Å². The number of ether oxygens (including phenoxy) is 3. The zero-order valence-electron chi connectivity index (χ0n) is 11.8. The highest BCUT2D eigenvalue weighted by molar-refractivity contribution is 5.80. The van der Waals surface area contributed by atoms with Gasteiger partial charge in [0, 0.05) is 20.1 Å². The molecule has 1 rings (SSSR count). The van der Waals surface area contributed by atoms with Crippen LogP contribution < -0.4 is 5.73 Å². The van der Waals surface area contributed by atoms with Gasteiger partial charge < -0.3 is 19.9 Å². The van der Waals surface area contributed by atoms with E-state index >= 15 is 0 Å². The van der Waals surface area contributed by atoms with Crippen LogP contribution in [0.3, 0.4) is 0 Å². The lowest BCUT2D eigenvalue weighted by Gasteiger charge is -2.24. The van der Waals surface area contributed by atoms with Crippen molar-refractivity contribution in [2.45, 2.75) is 56.8 Å². The molecule has 106 valence electrons. The van der Waals surface area contributed by atoms with Crippen molar-refractivity contribution in [2.75, 3.05) is 20.8 Å². The Hall–Kier alpha value is -0.650. The van der Waals surface area contributed by atoms with E-state index in [-0.39, 0.29) is 17.7 Å². The average Bonchev–Trinajstić information content (AvgIpc) is 2.71. The highest BCUT2D eigenvalue weighted by atomic mass is 16.5. The van der Waals surface area contributed by atoms with Crippen molar-refractivity contribution in [3.05, 3.63) is 0 Å². The predicted molar refractivity (Wildman–Crippen MR) is 68.2 cm³/mol. The topological polar surface area (TPSA) is 70.8 Å². The summed E-state index contributed by atoms with van der Waals surface area (Å²) in [4.78, 5) is 11.5. The molecule has 0 aliphatic heterocycles. The zero-order chi connectivity index (χ0) is 13.8. The molecule has 1 aliphatic rings. The molecular formula is C13H25NO4. The Bertz CT molecular complexity index is 293. The summed E-state index contributed by atoms with van der Waals surface area (Å²) in [5.74, 6) is -0.342. The minimum Gasteiger partial charge on any atom is -0.468 e. The number of hydrogen-bond acceptors (Lipinski definition) is 5. The molecule has 0 bridgehead atoms. The number of hydrogen-bond donors (Lipinski definition) is 1. The van der Waals surface area contributed by atoms with Crippen LogP contribution in [0, 0.1) is 0 Å². The summed E-state index contributed by atoms with van der Waals surface area (Å²) < 4.78 is 15.8. The average molecular weight is 259 g/mol. The van der Waals surface area contributed by atoms with Crippen molar-refractivity contribution in [2.24, 2.45) is 5.73 Å². The van der Waals surface area contributed by atoms with E-state index in [1.807, 2.05) is 13.8 Å². The highest BCUT2D eigenvalue weighted by Gasteiger charge is 2.43. The molecule has 5 heteroatoms. The molecular weight excluding hydrogens is 234 g/mol. The van der Waals surface area contributed by atoms with Gasteiger partial charge in [-0.3, -0.25) is 4.79 Å². The molecule has 2 unspecified atom stereocenters. The number of nitrogens with two attached hydrogens (primary N) is 1. The van der Waals surface area contributed by atoms with E-state index in [1.165, 1.54) is 7.11 Å². The molecule has 0 amide bonds. The fourth-order valence-electron chi connectivity index (χ4n) is 2.13. The maximum Gasteiger partial charge on any atom is 0.325 e. The summed E-state index contributed by atoms with van der Waals surface area (Å²) in [6.07, 6.45) is 2.82. The standard InChI is InChI=1S/C13H25NO4/c1-12(2,17-4)7-8-18-10-5-6-13(14,9-10)11(15)16-3/h10H,5-9,14H2,1-4H3. The van der Waals surface area contributed by atoms with Gasteiger partial charge in [0.1, 0.15) is 5.54 Å². The SMILES string of the molecule is COC(=O)C1(N)CCC(OCCC(C)(C)OC)C1. The number of carbonyl (C=O) groups is 1. The summed E-state index contributed by atoms with van der Waals surface area (Å²) in [5, 5.41) is 0. The first-order chi connectivity index (χ1) is 8.33. The summed E-state index contributed by atoms with van der Waals surface area (Å²) in [7, 11) is 3.06. The Kier molecular flexibility index (Phi) is 5.13. The molecule has 1 fully saturated rings. The van der Waals surface area contributed by atoms with Gasteiger partial charge in [-0.25, -0.2) is 0 Å². The van der Waals surface area contributed by atoms with Crippen molar-refractivity contribution in [1.82, 2.24) is 0 Å². The van der Waals surface area contributed by atoms with Gasteiger partial charge >= 0.3 is 5.97 Å². The van der Waals surface area contributed by atoms with E-state index < -0.39 is 5.54 Å². The molecule has 2 N–H and O–H groups in total. The Morgan fingerprint density at radius 1 is 1.44 bits per heavy atom. The van der Waals surface area contributed by atoms with E-state index in [0.717, 1.165) is 12.8 Å². The molecule has 0 aromatic rings. The normalized spacial score (nSPS) is 28.4. The van der Waals surface area contributed by atoms with Gasteiger partial charge in [-0.2, -0.15) is 0 Å². The lowest BCUT2D eigenvalue weighted by molar-refractivity contribution is -0.147. The lowest BCUT2D eigenvalue weighted by Crippen LogP contribution is -2.46. The van der Waals surface area contributed by atoms with Gasteiger partial charge in [0.2, 0.25) is 0 Å². The molecule has 0 aromatic heterocycles. The number of carbonyl (C=O) groups excluding carboxylic acids is 1. The van der Waals surface area contributed by atoms with Crippen LogP contribution in [0.4, 0.5) is 0 Å². The largest absolute Gasteiger partial charge is 0.468 e. The molecule has 0 saturated heterocycles. The number of esters is 1. The Balaban J connectivity index is 2.33. The van der Waals surface area contributed by atoms with Crippen molar-refractivity contribution in [3.63, 3.8) is 0 Å². The first-order valence-electron chi connectivity index (χ1n) is 6.37. The van der Waals surface area contributed by atoms with Crippen LogP contribution in [0.15, 0.2) is 0 Å². The lowest BCUT2D eigenvalue weighted by atomic mass is 10.00. The van der Waals surface area contributed by atoms with Crippen LogP contribution in [0.25, 0.3) is 0 Å². The maximum absolute atomic E-state index is 11.5. The fraction of sp³-hybridized carbons (Fsp3) is 0.923. The van der Waals surface area contributed by atoms with Crippen molar-refractivity contribution in [3.8, 4) is 0 Å². The van der Waals surface area contributed by atoms with Crippen LogP contribution in [0.5, 0.6) is 0 Å². The van der Waals surface area contributed by atoms with E-state index in [2.05, 4.69) is 0 Å². The summed E-state index contributed by atoms with van der Waals surface area (Å²) in [6.45, 7) is 4.65. The first-order valence-corrected chi connectivity index (χ1v) is 6.37. The molecule has 18 heavy (non-hydrogen) atoms. The molecule has 2 atom stereocenters. The van der Waals surface area contributed by atoms with Gasteiger partial charge in [0.05, 0.1) is 18.8 Å². The van der Waals surface area contributed by atoms with Gasteiger partial charge in [-0.15, -0.1) is 0 Å². The number of methoxy groups -OCH3 is 2. The third kappa shape index (κ3) is 3.93. The zero-order valence-corrected chi connectivity index (χ0v) is 11.8. The Morgan fingerprint density at radius 2 is 2.11 bits per heavy atom. The molecule has 0 aromatic carbocycles. The minimum atomic E-state index is -0.865. The fourth-order valence-corrected chi connectivity index (χ4v) is 2.13. The molecule has 1 saturated carbocycles. The Morgan fingerprint density at radius 3 is 2.67 bits per heavy atom. The van der Waals surface area contributed by atoms with Crippen LogP contribution in [-0.2, 0) is 19.0 Å². The van der Waals surface area contributed by atoms with E-state index in [9.17, 15) is 4.79 Å². The summed E-state index contributed by atoms with van der Waals surface area (Å²) in [6, 6.07) is 0. The summed E-state index contributed by atoms with van der Waals surface area (Å²) >= 11 is 0. The molecule has 0 heterocycles. The second-order valence-electron chi connectivity index (χ2n) is 5.60. The minimum absolute atomic E-state index is 0.0433. The van der Waals surface area contributed by atoms with Crippen molar-refractivity contribution >= 4 is 5.97 Å². The quantitative estimate of drug-likeness (QED) is 0.727. The monoisotopic (exact) mass is 259 g/mol. The van der Waals surface area contributed by atoms with E-state index in [4.69, 9.17) is 19.9 Å². The predicted octanol–water partition coefficient (Wildman–Crippen LogP) is 1.24. The van der Waals surface area contributed by atoms with Gasteiger partial charge in [0.25, 0.3) is 0 Å². The van der Waals surface area contributed by atoms with Crippen LogP contribution in [0.1, 0.15) is 39.5 Å². The van der Waals surface area contributed by atoms with Gasteiger partial charge in [-0.05, 0) is 33.1 Å². The first kappa shape index (κ1) is 15.4. The molecule has 5 nitrogen and oxygen atoms in total. The van der Waals surface area contributed by atoms with Crippen LogP contribution >= 0.6 is 0 Å². The molecule has 0 spiro atoms. The number of rotatable bonds is 6. The molecule has 0 radical (unpaired) electrons. The van der Waals surface area contributed by atoms with Gasteiger partial charge in [0.15, 0.2) is 0 Å². The van der Waals surface area contributed by atoms with Crippen LogP contribution in [0.2, 0.25) is 0 Å². The Labute approximate surface area is 109 Å². The third-order valence-electron chi connectivity index (χ3n) is 3.71. The van der Waals surface area contributed by atoms with E-state index in [1.54, 1.807) is 7.11 Å². The van der Waals surface area contributed by atoms with Gasteiger partial charge in [-0.1, -0.05) is 0 Å². The summed E-state index contributed by atoms with van der Waals surface area (Å²) in [5.41, 5.74) is 4.96. The van der Waals surface area contributed by atoms with Crippen molar-refractivity contribution in [1.29, 1.82) is 0 Å². The van der Waals surface area contributed by atoms with Crippen molar-refractivity contribution < 1.29 is 19.0 Å². The smallest absolute Gasteiger partial charge is 0.325 e. The third-order valence-corrected chi connectivity index (χ3v) is 3.71. The second-order valence-corrected chi connectivity index (χ2v) is 5.60. The second kappa shape index (κ2) is 5.99. The molecule has 1 aliphatic carbocycles.